The molecular formula is C10H11BrF3NO. The van der Waals surface area contributed by atoms with Gasteiger partial charge in [0.2, 0.25) is 0 Å². The van der Waals surface area contributed by atoms with E-state index in [1.165, 1.54) is 0 Å². The SMILES string of the molecule is NCc1ccc(OCCC(F)(F)F)cc1Br. The molecule has 1 rings (SSSR count). The number of benzene rings is 1. The molecule has 1 aromatic carbocycles. The average molecular weight is 298 g/mol. The van der Waals surface area contributed by atoms with Crippen molar-refractivity contribution in [3.05, 3.63) is 28.2 Å². The maximum Gasteiger partial charge on any atom is 0.392 e. The van der Waals surface area contributed by atoms with Gasteiger partial charge in [0.1, 0.15) is 5.75 Å². The first-order valence-corrected chi connectivity index (χ1v) is 5.40. The topological polar surface area (TPSA) is 35.2 Å². The van der Waals surface area contributed by atoms with Crippen molar-refractivity contribution in [1.29, 1.82) is 0 Å². The maximum atomic E-state index is 11.9. The summed E-state index contributed by atoms with van der Waals surface area (Å²) in [5, 5.41) is 0. The molecule has 0 saturated carbocycles. The molecule has 0 fully saturated rings. The predicted octanol–water partition coefficient (Wildman–Crippen LogP) is 3.24. The van der Waals surface area contributed by atoms with Gasteiger partial charge >= 0.3 is 6.18 Å². The summed E-state index contributed by atoms with van der Waals surface area (Å²) >= 11 is 3.26. The minimum Gasteiger partial charge on any atom is -0.493 e. The van der Waals surface area contributed by atoms with Gasteiger partial charge < -0.3 is 10.5 Å². The summed E-state index contributed by atoms with van der Waals surface area (Å²) in [4.78, 5) is 0. The van der Waals surface area contributed by atoms with E-state index in [0.717, 1.165) is 10.0 Å². The highest BCUT2D eigenvalue weighted by Gasteiger charge is 2.26. The van der Waals surface area contributed by atoms with Crippen LogP contribution in [-0.2, 0) is 6.54 Å². The van der Waals surface area contributed by atoms with Gasteiger partial charge in [-0.1, -0.05) is 22.0 Å². The van der Waals surface area contributed by atoms with Gasteiger partial charge in [0.15, 0.2) is 0 Å². The fourth-order valence-corrected chi connectivity index (χ4v) is 1.59. The molecule has 6 heteroatoms. The van der Waals surface area contributed by atoms with Crippen LogP contribution in [0.2, 0.25) is 0 Å². The Labute approximate surface area is 99.7 Å². The van der Waals surface area contributed by atoms with Crippen molar-refractivity contribution in [2.75, 3.05) is 6.61 Å². The van der Waals surface area contributed by atoms with E-state index in [4.69, 9.17) is 10.5 Å². The van der Waals surface area contributed by atoms with E-state index < -0.39 is 12.6 Å². The molecule has 0 aliphatic rings. The molecule has 0 spiro atoms. The monoisotopic (exact) mass is 297 g/mol. The number of alkyl halides is 3. The predicted molar refractivity (Wildman–Crippen MR) is 58.2 cm³/mol. The molecule has 0 unspecified atom stereocenters. The quantitative estimate of drug-likeness (QED) is 0.926. The molecule has 0 radical (unpaired) electrons. The van der Waals surface area contributed by atoms with Crippen LogP contribution in [0.4, 0.5) is 13.2 Å². The second-order valence-electron chi connectivity index (χ2n) is 3.17. The van der Waals surface area contributed by atoms with Gasteiger partial charge in [0.05, 0.1) is 13.0 Å². The molecule has 1 aromatic rings. The van der Waals surface area contributed by atoms with Gasteiger partial charge in [0, 0.05) is 11.0 Å². The smallest absolute Gasteiger partial charge is 0.392 e. The number of hydrogen-bond acceptors (Lipinski definition) is 2. The van der Waals surface area contributed by atoms with Gasteiger partial charge in [0.25, 0.3) is 0 Å². The van der Waals surface area contributed by atoms with Crippen molar-refractivity contribution in [2.24, 2.45) is 5.73 Å². The molecular weight excluding hydrogens is 287 g/mol. The molecule has 0 bridgehead atoms. The summed E-state index contributed by atoms with van der Waals surface area (Å²) in [5.74, 6) is 0.397. The number of hydrogen-bond donors (Lipinski definition) is 1. The second-order valence-corrected chi connectivity index (χ2v) is 4.03. The molecule has 16 heavy (non-hydrogen) atoms. The van der Waals surface area contributed by atoms with Gasteiger partial charge in [-0.3, -0.25) is 0 Å². The van der Waals surface area contributed by atoms with Crippen LogP contribution in [0.5, 0.6) is 5.75 Å². The molecule has 0 heterocycles. The number of nitrogens with two attached hydrogens (primary N) is 1. The van der Waals surface area contributed by atoms with Gasteiger partial charge in [-0.15, -0.1) is 0 Å². The van der Waals surface area contributed by atoms with E-state index in [1.54, 1.807) is 18.2 Å². The summed E-state index contributed by atoms with van der Waals surface area (Å²) in [6, 6.07) is 4.93. The van der Waals surface area contributed by atoms with Crippen LogP contribution in [0.1, 0.15) is 12.0 Å². The van der Waals surface area contributed by atoms with E-state index in [-0.39, 0.29) is 6.61 Å². The largest absolute Gasteiger partial charge is 0.493 e. The second kappa shape index (κ2) is 5.54. The Hall–Kier alpha value is -0.750. The lowest BCUT2D eigenvalue weighted by Gasteiger charge is -2.10. The molecule has 0 atom stereocenters. The van der Waals surface area contributed by atoms with Gasteiger partial charge in [-0.05, 0) is 17.7 Å². The standard InChI is InChI=1S/C10H11BrF3NO/c11-9-5-8(2-1-7(9)6-15)16-4-3-10(12,13)14/h1-2,5H,3-4,6,15H2. The van der Waals surface area contributed by atoms with E-state index in [0.29, 0.717) is 12.3 Å². The highest BCUT2D eigenvalue weighted by atomic mass is 79.9. The fraction of sp³-hybridized carbons (Fsp3) is 0.400. The Morgan fingerprint density at radius 1 is 1.31 bits per heavy atom. The van der Waals surface area contributed by atoms with Crippen molar-refractivity contribution in [3.8, 4) is 5.75 Å². The Morgan fingerprint density at radius 3 is 2.50 bits per heavy atom. The molecule has 2 nitrogen and oxygen atoms in total. The van der Waals surface area contributed by atoms with Crippen LogP contribution in [0.15, 0.2) is 22.7 Å². The van der Waals surface area contributed by atoms with Crippen LogP contribution in [-0.4, -0.2) is 12.8 Å². The minimum atomic E-state index is -4.19. The van der Waals surface area contributed by atoms with Crippen molar-refractivity contribution >= 4 is 15.9 Å². The molecule has 0 saturated heterocycles. The van der Waals surface area contributed by atoms with Crippen LogP contribution in [0, 0.1) is 0 Å². The third-order valence-corrected chi connectivity index (χ3v) is 2.64. The Balaban J connectivity index is 2.52. The van der Waals surface area contributed by atoms with Crippen LogP contribution >= 0.6 is 15.9 Å². The summed E-state index contributed by atoms with van der Waals surface area (Å²) in [6.07, 6.45) is -5.14. The van der Waals surface area contributed by atoms with E-state index in [2.05, 4.69) is 15.9 Å². The third-order valence-electron chi connectivity index (χ3n) is 1.90. The molecule has 0 aromatic heterocycles. The molecule has 0 amide bonds. The summed E-state index contributed by atoms with van der Waals surface area (Å²) in [6.45, 7) is -0.0126. The zero-order chi connectivity index (χ0) is 12.2. The zero-order valence-electron chi connectivity index (χ0n) is 8.35. The normalized spacial score (nSPS) is 11.6. The van der Waals surface area contributed by atoms with E-state index in [1.807, 2.05) is 0 Å². The lowest BCUT2D eigenvalue weighted by Crippen LogP contribution is -2.13. The first-order valence-electron chi connectivity index (χ1n) is 4.60. The van der Waals surface area contributed by atoms with Crippen molar-refractivity contribution in [3.63, 3.8) is 0 Å². The Morgan fingerprint density at radius 2 is 2.00 bits per heavy atom. The highest BCUT2D eigenvalue weighted by Crippen LogP contribution is 2.24. The number of halogens is 4. The maximum absolute atomic E-state index is 11.9. The lowest BCUT2D eigenvalue weighted by molar-refractivity contribution is -0.139. The van der Waals surface area contributed by atoms with E-state index >= 15 is 0 Å². The van der Waals surface area contributed by atoms with E-state index in [9.17, 15) is 13.2 Å². The molecule has 0 aliphatic heterocycles. The molecule has 2 N–H and O–H groups in total. The first kappa shape index (κ1) is 13.3. The summed E-state index contributed by atoms with van der Waals surface area (Å²) in [7, 11) is 0. The molecule has 90 valence electrons. The van der Waals surface area contributed by atoms with Crippen molar-refractivity contribution in [1.82, 2.24) is 0 Å². The first-order chi connectivity index (χ1) is 7.42. The van der Waals surface area contributed by atoms with Crippen LogP contribution < -0.4 is 10.5 Å². The number of ether oxygens (including phenoxy) is 1. The van der Waals surface area contributed by atoms with Gasteiger partial charge in [-0.2, -0.15) is 13.2 Å². The summed E-state index contributed by atoms with van der Waals surface area (Å²) < 4.78 is 41.3. The van der Waals surface area contributed by atoms with Crippen LogP contribution in [0.3, 0.4) is 0 Å². The Kier molecular flexibility index (Phi) is 4.61. The van der Waals surface area contributed by atoms with Gasteiger partial charge in [-0.25, -0.2) is 0 Å². The number of rotatable bonds is 4. The van der Waals surface area contributed by atoms with Crippen molar-refractivity contribution in [2.45, 2.75) is 19.1 Å². The van der Waals surface area contributed by atoms with Crippen molar-refractivity contribution < 1.29 is 17.9 Å². The average Bonchev–Trinajstić information content (AvgIpc) is 2.16. The highest BCUT2D eigenvalue weighted by molar-refractivity contribution is 9.10. The summed E-state index contributed by atoms with van der Waals surface area (Å²) in [5.41, 5.74) is 6.32. The zero-order valence-corrected chi connectivity index (χ0v) is 9.94. The fourth-order valence-electron chi connectivity index (χ4n) is 1.07. The Bertz CT molecular complexity index is 354. The molecule has 0 aliphatic carbocycles. The minimum absolute atomic E-state index is 0.364. The van der Waals surface area contributed by atoms with Crippen LogP contribution in [0.25, 0.3) is 0 Å². The lowest BCUT2D eigenvalue weighted by atomic mass is 10.2. The third kappa shape index (κ3) is 4.40.